The molecule has 0 aliphatic carbocycles. The van der Waals surface area contributed by atoms with E-state index in [4.69, 9.17) is 22.1 Å². The maximum absolute atomic E-state index is 6.35. The summed E-state index contributed by atoms with van der Waals surface area (Å²) in [6, 6.07) is 5.73. The Bertz CT molecular complexity index is 381. The Kier molecular flexibility index (Phi) is 7.25. The number of nitrogens with two attached hydrogens (primary N) is 1. The number of methoxy groups -OCH3 is 1. The number of hydrogen-bond donors (Lipinski definition) is 1. The van der Waals surface area contributed by atoms with Crippen LogP contribution in [0.3, 0.4) is 0 Å². The van der Waals surface area contributed by atoms with E-state index in [2.05, 4.69) is 13.8 Å². The Balaban J connectivity index is 2.73. The van der Waals surface area contributed by atoms with Gasteiger partial charge in [0.05, 0.1) is 7.11 Å². The Hall–Kier alpha value is -0.730. The van der Waals surface area contributed by atoms with Crippen LogP contribution in [0.25, 0.3) is 0 Å². The van der Waals surface area contributed by atoms with E-state index in [-0.39, 0.29) is 6.04 Å². The molecule has 0 heterocycles. The van der Waals surface area contributed by atoms with Gasteiger partial charge in [0.1, 0.15) is 5.75 Å². The van der Waals surface area contributed by atoms with Crippen molar-refractivity contribution in [1.82, 2.24) is 0 Å². The largest absolute Gasteiger partial charge is 0.496 e. The minimum Gasteiger partial charge on any atom is -0.496 e. The van der Waals surface area contributed by atoms with Gasteiger partial charge in [0.25, 0.3) is 0 Å². The van der Waals surface area contributed by atoms with Gasteiger partial charge in [-0.3, -0.25) is 0 Å². The van der Waals surface area contributed by atoms with E-state index in [1.54, 1.807) is 7.11 Å². The van der Waals surface area contributed by atoms with Gasteiger partial charge in [-0.15, -0.1) is 0 Å². The molecule has 1 aromatic rings. The van der Waals surface area contributed by atoms with Crippen LogP contribution in [0.2, 0.25) is 5.02 Å². The molecule has 2 atom stereocenters. The summed E-state index contributed by atoms with van der Waals surface area (Å²) in [5.41, 5.74) is 7.40. The third-order valence-corrected chi connectivity index (χ3v) is 3.96. The van der Waals surface area contributed by atoms with Gasteiger partial charge in [-0.05, 0) is 24.5 Å². The third kappa shape index (κ3) is 5.04. The van der Waals surface area contributed by atoms with Crippen molar-refractivity contribution in [2.75, 3.05) is 7.11 Å². The van der Waals surface area contributed by atoms with Crippen LogP contribution in [0, 0.1) is 5.92 Å². The fourth-order valence-corrected chi connectivity index (χ4v) is 2.62. The van der Waals surface area contributed by atoms with E-state index in [0.29, 0.717) is 10.9 Å². The molecule has 1 aromatic carbocycles. The minimum absolute atomic E-state index is 0.0222. The Morgan fingerprint density at radius 1 is 1.32 bits per heavy atom. The molecule has 2 N–H and O–H groups in total. The Labute approximate surface area is 122 Å². The molecule has 0 aromatic heterocycles. The zero-order valence-corrected chi connectivity index (χ0v) is 13.0. The molecule has 0 saturated heterocycles. The van der Waals surface area contributed by atoms with Gasteiger partial charge in [-0.2, -0.15) is 0 Å². The van der Waals surface area contributed by atoms with Crippen LogP contribution in [0.5, 0.6) is 5.75 Å². The normalized spacial score (nSPS) is 14.2. The highest BCUT2D eigenvalue weighted by atomic mass is 35.5. The molecule has 108 valence electrons. The number of halogens is 1. The van der Waals surface area contributed by atoms with Gasteiger partial charge in [0.2, 0.25) is 0 Å². The summed E-state index contributed by atoms with van der Waals surface area (Å²) >= 11 is 5.98. The van der Waals surface area contributed by atoms with E-state index in [1.165, 1.54) is 25.7 Å². The molecule has 0 fully saturated rings. The van der Waals surface area contributed by atoms with Crippen LogP contribution in [0.4, 0.5) is 0 Å². The molecule has 19 heavy (non-hydrogen) atoms. The lowest BCUT2D eigenvalue weighted by Gasteiger charge is -2.21. The molecule has 1 rings (SSSR count). The van der Waals surface area contributed by atoms with E-state index < -0.39 is 0 Å². The van der Waals surface area contributed by atoms with Crippen molar-refractivity contribution in [1.29, 1.82) is 0 Å². The number of hydrogen-bond acceptors (Lipinski definition) is 2. The first-order chi connectivity index (χ1) is 9.12. The Morgan fingerprint density at radius 3 is 2.63 bits per heavy atom. The minimum atomic E-state index is 0.0222. The predicted octanol–water partition coefficient (Wildman–Crippen LogP) is 4.95. The smallest absolute Gasteiger partial charge is 0.125 e. The summed E-state index contributed by atoms with van der Waals surface area (Å²) in [7, 11) is 1.66. The fourth-order valence-electron chi connectivity index (χ4n) is 2.46. The molecule has 2 unspecified atom stereocenters. The summed E-state index contributed by atoms with van der Waals surface area (Å²) in [6.07, 6.45) is 5.98. The van der Waals surface area contributed by atoms with Crippen molar-refractivity contribution in [2.45, 2.75) is 52.0 Å². The molecule has 0 spiro atoms. The van der Waals surface area contributed by atoms with Gasteiger partial charge in [0.15, 0.2) is 0 Å². The van der Waals surface area contributed by atoms with Gasteiger partial charge in [-0.1, -0.05) is 57.2 Å². The lowest BCUT2D eigenvalue weighted by atomic mass is 9.89. The second kappa shape index (κ2) is 8.44. The molecule has 3 heteroatoms. The standard InChI is InChI=1S/C16H26ClNO/c1-4-6-7-12(5-2)10-15(18)14-9-8-13(17)11-16(14)19-3/h8-9,11-12,15H,4-7,10,18H2,1-3H3. The van der Waals surface area contributed by atoms with E-state index in [0.717, 1.165) is 17.7 Å². The molecule has 0 aliphatic heterocycles. The van der Waals surface area contributed by atoms with E-state index >= 15 is 0 Å². The topological polar surface area (TPSA) is 35.2 Å². The molecule has 0 amide bonds. The van der Waals surface area contributed by atoms with Gasteiger partial charge >= 0.3 is 0 Å². The molecule has 0 saturated carbocycles. The predicted molar refractivity (Wildman–Crippen MR) is 82.9 cm³/mol. The lowest BCUT2D eigenvalue weighted by Crippen LogP contribution is -2.16. The van der Waals surface area contributed by atoms with Crippen LogP contribution < -0.4 is 10.5 Å². The quantitative estimate of drug-likeness (QED) is 0.732. The van der Waals surface area contributed by atoms with E-state index in [1.807, 2.05) is 18.2 Å². The van der Waals surface area contributed by atoms with Crippen molar-refractivity contribution in [3.8, 4) is 5.75 Å². The number of rotatable bonds is 8. The SMILES string of the molecule is CCCCC(CC)CC(N)c1ccc(Cl)cc1OC. The van der Waals surface area contributed by atoms with Crippen molar-refractivity contribution in [2.24, 2.45) is 11.7 Å². The van der Waals surface area contributed by atoms with Crippen LogP contribution in [-0.4, -0.2) is 7.11 Å². The first-order valence-corrected chi connectivity index (χ1v) is 7.59. The van der Waals surface area contributed by atoms with Crippen LogP contribution in [-0.2, 0) is 0 Å². The summed E-state index contributed by atoms with van der Waals surface area (Å²) in [4.78, 5) is 0. The highest BCUT2D eigenvalue weighted by molar-refractivity contribution is 6.30. The number of unbranched alkanes of at least 4 members (excludes halogenated alkanes) is 1. The van der Waals surface area contributed by atoms with Gasteiger partial charge < -0.3 is 10.5 Å². The zero-order valence-electron chi connectivity index (χ0n) is 12.3. The second-order valence-corrected chi connectivity index (χ2v) is 5.58. The highest BCUT2D eigenvalue weighted by Crippen LogP contribution is 2.32. The first kappa shape index (κ1) is 16.3. The molecular formula is C16H26ClNO. The second-order valence-electron chi connectivity index (χ2n) is 5.14. The maximum Gasteiger partial charge on any atom is 0.125 e. The fraction of sp³-hybridized carbons (Fsp3) is 0.625. The first-order valence-electron chi connectivity index (χ1n) is 7.21. The summed E-state index contributed by atoms with van der Waals surface area (Å²) < 4.78 is 5.38. The van der Waals surface area contributed by atoms with Gasteiger partial charge in [0, 0.05) is 16.6 Å². The third-order valence-electron chi connectivity index (χ3n) is 3.73. The average Bonchev–Trinajstić information content (AvgIpc) is 2.42. The van der Waals surface area contributed by atoms with E-state index in [9.17, 15) is 0 Å². The number of ether oxygens (including phenoxy) is 1. The van der Waals surface area contributed by atoms with Crippen LogP contribution in [0.15, 0.2) is 18.2 Å². The summed E-state index contributed by atoms with van der Waals surface area (Å²) in [5.74, 6) is 1.49. The highest BCUT2D eigenvalue weighted by Gasteiger charge is 2.17. The lowest BCUT2D eigenvalue weighted by molar-refractivity contribution is 0.371. The van der Waals surface area contributed by atoms with Crippen molar-refractivity contribution < 1.29 is 4.74 Å². The molecule has 0 radical (unpaired) electrons. The van der Waals surface area contributed by atoms with Crippen LogP contribution in [0.1, 0.15) is 57.6 Å². The molecular weight excluding hydrogens is 258 g/mol. The van der Waals surface area contributed by atoms with Crippen molar-refractivity contribution in [3.63, 3.8) is 0 Å². The zero-order chi connectivity index (χ0) is 14.3. The molecule has 2 nitrogen and oxygen atoms in total. The van der Waals surface area contributed by atoms with Crippen molar-refractivity contribution >= 4 is 11.6 Å². The van der Waals surface area contributed by atoms with Crippen molar-refractivity contribution in [3.05, 3.63) is 28.8 Å². The van der Waals surface area contributed by atoms with Gasteiger partial charge in [-0.25, -0.2) is 0 Å². The molecule has 0 aliphatic rings. The molecule has 0 bridgehead atoms. The number of benzene rings is 1. The average molecular weight is 284 g/mol. The Morgan fingerprint density at radius 2 is 2.05 bits per heavy atom. The summed E-state index contributed by atoms with van der Waals surface area (Å²) in [5, 5.41) is 0.686. The summed E-state index contributed by atoms with van der Waals surface area (Å²) in [6.45, 7) is 4.47. The maximum atomic E-state index is 6.35. The van der Waals surface area contributed by atoms with Crippen LogP contribution >= 0.6 is 11.6 Å². The monoisotopic (exact) mass is 283 g/mol.